The van der Waals surface area contributed by atoms with Crippen molar-refractivity contribution in [1.29, 1.82) is 0 Å². The minimum Gasteiger partial charge on any atom is -0.429 e. The second-order valence-corrected chi connectivity index (χ2v) is 9.00. The van der Waals surface area contributed by atoms with Gasteiger partial charge in [-0.2, -0.15) is 8.78 Å². The van der Waals surface area contributed by atoms with E-state index in [1.54, 1.807) is 31.2 Å². The zero-order valence-electron chi connectivity index (χ0n) is 21.5. The zero-order chi connectivity index (χ0) is 29.7. The summed E-state index contributed by atoms with van der Waals surface area (Å²) in [6.07, 6.45) is -0.187. The Labute approximate surface area is 231 Å². The highest BCUT2D eigenvalue weighted by molar-refractivity contribution is 5.69. The van der Waals surface area contributed by atoms with E-state index in [4.69, 9.17) is 4.74 Å². The third kappa shape index (κ3) is 6.85. The Morgan fingerprint density at radius 3 is 1.88 bits per heavy atom. The average molecular weight is 575 g/mol. The summed E-state index contributed by atoms with van der Waals surface area (Å²) in [7, 11) is 0. The number of hydrogen-bond acceptors (Lipinski definition) is 1. The number of rotatable bonds is 9. The summed E-state index contributed by atoms with van der Waals surface area (Å²) in [4.78, 5) is 0. The van der Waals surface area contributed by atoms with Gasteiger partial charge in [-0.3, -0.25) is 0 Å². The third-order valence-corrected chi connectivity index (χ3v) is 6.18. The molecule has 0 aromatic heterocycles. The van der Waals surface area contributed by atoms with Crippen LogP contribution in [0.25, 0.3) is 28.1 Å². The molecule has 0 saturated carbocycles. The van der Waals surface area contributed by atoms with Crippen molar-refractivity contribution in [3.63, 3.8) is 0 Å². The Balaban J connectivity index is 1.47. The molecule has 1 nitrogen and oxygen atoms in total. The van der Waals surface area contributed by atoms with Gasteiger partial charge in [0.2, 0.25) is 0 Å². The van der Waals surface area contributed by atoms with E-state index in [9.17, 15) is 35.1 Å². The molecule has 0 atom stereocenters. The fraction of sp³-hybridized carbons (Fsp3) is 0.125. The van der Waals surface area contributed by atoms with Crippen molar-refractivity contribution in [2.45, 2.75) is 25.9 Å². The first-order valence-electron chi connectivity index (χ1n) is 12.4. The normalized spacial score (nSPS) is 12.5. The van der Waals surface area contributed by atoms with E-state index in [2.05, 4.69) is 0 Å². The minimum atomic E-state index is -3.98. The largest absolute Gasteiger partial charge is 0.429 e. The second kappa shape index (κ2) is 12.4. The van der Waals surface area contributed by atoms with Gasteiger partial charge in [0.1, 0.15) is 17.4 Å². The summed E-state index contributed by atoms with van der Waals surface area (Å²) in [5.41, 5.74) is -0.385. The first kappa shape index (κ1) is 29.6. The first-order valence-corrected chi connectivity index (χ1v) is 12.4. The molecule has 0 aliphatic heterocycles. The molecular weight excluding hydrogens is 552 g/mol. The average Bonchev–Trinajstić information content (AvgIpc) is 2.95. The summed E-state index contributed by atoms with van der Waals surface area (Å²) < 4.78 is 118. The van der Waals surface area contributed by atoms with Gasteiger partial charge in [-0.25, -0.2) is 26.3 Å². The summed E-state index contributed by atoms with van der Waals surface area (Å²) in [6.45, 7) is 1.79. The Kier molecular flexibility index (Phi) is 8.95. The van der Waals surface area contributed by atoms with E-state index in [-0.39, 0.29) is 23.3 Å². The van der Waals surface area contributed by atoms with Crippen LogP contribution >= 0.6 is 0 Å². The number of alkyl halides is 2. The van der Waals surface area contributed by atoms with Gasteiger partial charge < -0.3 is 4.74 Å². The quantitative estimate of drug-likeness (QED) is 0.110. The summed E-state index contributed by atoms with van der Waals surface area (Å²) in [6, 6.07) is 14.7. The van der Waals surface area contributed by atoms with Crippen LogP contribution in [-0.4, -0.2) is 0 Å². The lowest BCUT2D eigenvalue weighted by Crippen LogP contribution is -2.22. The van der Waals surface area contributed by atoms with E-state index in [1.165, 1.54) is 36.4 Å². The summed E-state index contributed by atoms with van der Waals surface area (Å²) in [5.74, 6) is -8.12. The molecule has 0 fully saturated rings. The van der Waals surface area contributed by atoms with Gasteiger partial charge in [0, 0.05) is 17.5 Å². The molecule has 0 aliphatic carbocycles. The monoisotopic (exact) mass is 574 g/mol. The Morgan fingerprint density at radius 2 is 1.32 bits per heavy atom. The fourth-order valence-corrected chi connectivity index (χ4v) is 4.02. The van der Waals surface area contributed by atoms with Crippen molar-refractivity contribution in [3.8, 4) is 28.0 Å². The van der Waals surface area contributed by atoms with E-state index in [1.807, 2.05) is 0 Å². The SMILES string of the molecule is CC=CCCC(F)=C(F)c1ccc(-c2ccc(OC(F)(F)c3ccc(-c4cc(F)c(F)c(F)c4)c(F)c3)cc2)cc1. The maximum atomic E-state index is 14.8. The number of halogens is 8. The molecule has 212 valence electrons. The number of allylic oxidation sites excluding steroid dienone is 3. The lowest BCUT2D eigenvalue weighted by Gasteiger charge is -2.19. The molecule has 0 spiro atoms. The standard InChI is InChI=1S/C32H22F8O/c1-2-3-4-5-26(33)30(37)21-8-6-19(7-9-21)20-10-13-24(14-11-20)41-32(39,40)23-12-15-25(27(34)18-23)22-16-28(35)31(38)29(36)17-22/h2-3,6-18H,4-5H2,1H3. The van der Waals surface area contributed by atoms with Crippen LogP contribution in [0, 0.1) is 23.3 Å². The van der Waals surface area contributed by atoms with Crippen LogP contribution in [-0.2, 0) is 6.11 Å². The van der Waals surface area contributed by atoms with Crippen molar-refractivity contribution >= 4 is 5.83 Å². The molecule has 0 saturated heterocycles. The molecule has 0 aliphatic rings. The first-order chi connectivity index (χ1) is 19.5. The molecule has 0 N–H and O–H groups in total. The van der Waals surface area contributed by atoms with Crippen LogP contribution in [0.5, 0.6) is 5.75 Å². The molecule has 0 unspecified atom stereocenters. The molecule has 0 heterocycles. The van der Waals surface area contributed by atoms with Crippen LogP contribution in [0.4, 0.5) is 35.1 Å². The lowest BCUT2D eigenvalue weighted by molar-refractivity contribution is -0.185. The van der Waals surface area contributed by atoms with E-state index in [0.717, 1.165) is 12.1 Å². The van der Waals surface area contributed by atoms with Gasteiger partial charge in [-0.15, -0.1) is 0 Å². The summed E-state index contributed by atoms with van der Waals surface area (Å²) >= 11 is 0. The molecular formula is C32H22F8O. The number of ether oxygens (including phenoxy) is 1. The van der Waals surface area contributed by atoms with Crippen molar-refractivity contribution in [2.75, 3.05) is 0 Å². The van der Waals surface area contributed by atoms with Gasteiger partial charge in [-0.1, -0.05) is 54.6 Å². The van der Waals surface area contributed by atoms with E-state index >= 15 is 0 Å². The Bertz CT molecular complexity index is 1570. The lowest BCUT2D eigenvalue weighted by atomic mass is 10.0. The topological polar surface area (TPSA) is 9.23 Å². The molecule has 0 radical (unpaired) electrons. The number of benzene rings is 4. The highest BCUT2D eigenvalue weighted by atomic mass is 19.3. The Hall–Kier alpha value is -4.40. The van der Waals surface area contributed by atoms with Crippen molar-refractivity contribution < 1.29 is 39.9 Å². The molecule has 0 bridgehead atoms. The molecule has 41 heavy (non-hydrogen) atoms. The highest BCUT2D eigenvalue weighted by Crippen LogP contribution is 2.36. The van der Waals surface area contributed by atoms with Crippen LogP contribution in [0.1, 0.15) is 30.9 Å². The highest BCUT2D eigenvalue weighted by Gasteiger charge is 2.35. The molecule has 4 rings (SSSR count). The van der Waals surface area contributed by atoms with Gasteiger partial charge in [-0.05, 0) is 66.4 Å². The maximum Gasteiger partial charge on any atom is 0.426 e. The fourth-order valence-electron chi connectivity index (χ4n) is 4.02. The van der Waals surface area contributed by atoms with Gasteiger partial charge in [0.25, 0.3) is 0 Å². The van der Waals surface area contributed by atoms with Crippen LogP contribution in [0.15, 0.2) is 96.8 Å². The third-order valence-electron chi connectivity index (χ3n) is 6.18. The van der Waals surface area contributed by atoms with Crippen LogP contribution < -0.4 is 4.74 Å². The van der Waals surface area contributed by atoms with Crippen LogP contribution in [0.2, 0.25) is 0 Å². The maximum absolute atomic E-state index is 14.8. The predicted molar refractivity (Wildman–Crippen MR) is 141 cm³/mol. The van der Waals surface area contributed by atoms with Crippen LogP contribution in [0.3, 0.4) is 0 Å². The molecule has 4 aromatic rings. The molecule has 0 amide bonds. The van der Waals surface area contributed by atoms with Crippen molar-refractivity contribution in [2.24, 2.45) is 0 Å². The van der Waals surface area contributed by atoms with Crippen molar-refractivity contribution in [1.82, 2.24) is 0 Å². The van der Waals surface area contributed by atoms with E-state index < -0.39 is 52.2 Å². The van der Waals surface area contributed by atoms with Gasteiger partial charge in [0.15, 0.2) is 23.3 Å². The smallest absolute Gasteiger partial charge is 0.426 e. The van der Waals surface area contributed by atoms with Crippen molar-refractivity contribution in [3.05, 3.63) is 131 Å². The predicted octanol–water partition coefficient (Wildman–Crippen LogP) is 10.7. The number of hydrogen-bond donors (Lipinski definition) is 0. The Morgan fingerprint density at radius 1 is 0.732 bits per heavy atom. The van der Waals surface area contributed by atoms with Gasteiger partial charge >= 0.3 is 6.11 Å². The van der Waals surface area contributed by atoms with E-state index in [0.29, 0.717) is 35.7 Å². The molecule has 9 heteroatoms. The molecule has 4 aromatic carbocycles. The summed E-state index contributed by atoms with van der Waals surface area (Å²) in [5, 5.41) is 0. The minimum absolute atomic E-state index is 0.0605. The van der Waals surface area contributed by atoms with Gasteiger partial charge in [0.05, 0.1) is 5.56 Å². The second-order valence-electron chi connectivity index (χ2n) is 9.00. The zero-order valence-corrected chi connectivity index (χ0v) is 21.5.